The molecular weight excluding hydrogens is 330 g/mol. The Hall–Kier alpha value is -2.50. The van der Waals surface area contributed by atoms with Crippen LogP contribution >= 0.6 is 0 Å². The maximum atomic E-state index is 12.3. The van der Waals surface area contributed by atoms with E-state index in [0.29, 0.717) is 13.1 Å². The van der Waals surface area contributed by atoms with Gasteiger partial charge in [0.15, 0.2) is 0 Å². The van der Waals surface area contributed by atoms with Gasteiger partial charge in [-0.2, -0.15) is 0 Å². The highest BCUT2D eigenvalue weighted by atomic mass is 16.6. The van der Waals surface area contributed by atoms with Crippen molar-refractivity contribution < 1.29 is 14.3 Å². The molecule has 1 aromatic heterocycles. The molecular formula is C20H27N3O3. The third-order valence-electron chi connectivity index (χ3n) is 4.64. The van der Waals surface area contributed by atoms with E-state index in [0.717, 1.165) is 28.8 Å². The Balaban J connectivity index is 1.72. The summed E-state index contributed by atoms with van der Waals surface area (Å²) < 4.78 is 10.8. The molecule has 1 fully saturated rings. The first-order valence-corrected chi connectivity index (χ1v) is 8.91. The number of benzene rings is 1. The molecule has 1 unspecified atom stereocenters. The number of amides is 1. The summed E-state index contributed by atoms with van der Waals surface area (Å²) in [4.78, 5) is 20.8. The minimum atomic E-state index is -0.470. The number of aromatic nitrogens is 1. The molecule has 0 spiro atoms. The monoisotopic (exact) mass is 357 g/mol. The number of hydrogen-bond donors (Lipinski definition) is 0. The van der Waals surface area contributed by atoms with Crippen molar-refractivity contribution in [3.05, 3.63) is 30.5 Å². The molecule has 1 atom stereocenters. The molecule has 1 aliphatic heterocycles. The zero-order valence-corrected chi connectivity index (χ0v) is 16.2. The Morgan fingerprint density at radius 2 is 2.08 bits per heavy atom. The highest BCUT2D eigenvalue weighted by Gasteiger charge is 2.32. The lowest BCUT2D eigenvalue weighted by Gasteiger charge is -2.28. The highest BCUT2D eigenvalue weighted by molar-refractivity contribution is 5.83. The summed E-state index contributed by atoms with van der Waals surface area (Å²) >= 11 is 0. The molecule has 1 aliphatic rings. The first-order chi connectivity index (χ1) is 12.3. The molecule has 6 nitrogen and oxygen atoms in total. The van der Waals surface area contributed by atoms with Gasteiger partial charge in [-0.1, -0.05) is 0 Å². The number of carbonyl (C=O) groups is 1. The van der Waals surface area contributed by atoms with Crippen LogP contribution in [0.5, 0.6) is 5.75 Å². The highest BCUT2D eigenvalue weighted by Crippen LogP contribution is 2.27. The number of carbonyl (C=O) groups excluding carboxylic acids is 1. The van der Waals surface area contributed by atoms with Crippen molar-refractivity contribution in [1.29, 1.82) is 0 Å². The number of fused-ring (bicyclic) bond motifs is 1. The maximum absolute atomic E-state index is 12.3. The van der Waals surface area contributed by atoms with Crippen LogP contribution in [-0.2, 0) is 4.74 Å². The van der Waals surface area contributed by atoms with Gasteiger partial charge in [0.05, 0.1) is 24.5 Å². The molecule has 1 aromatic carbocycles. The number of pyridine rings is 1. The Morgan fingerprint density at radius 3 is 2.77 bits per heavy atom. The third-order valence-corrected chi connectivity index (χ3v) is 4.64. The van der Waals surface area contributed by atoms with Crippen molar-refractivity contribution in [3.8, 4) is 5.75 Å². The molecule has 0 radical (unpaired) electrons. The van der Waals surface area contributed by atoms with Gasteiger partial charge in [0, 0.05) is 31.6 Å². The molecule has 6 heteroatoms. The number of nitrogens with zero attached hydrogens (tertiary/aromatic N) is 3. The van der Waals surface area contributed by atoms with E-state index < -0.39 is 5.60 Å². The van der Waals surface area contributed by atoms with Crippen molar-refractivity contribution in [2.45, 2.75) is 38.8 Å². The van der Waals surface area contributed by atoms with E-state index in [4.69, 9.17) is 9.47 Å². The van der Waals surface area contributed by atoms with E-state index >= 15 is 0 Å². The topological polar surface area (TPSA) is 54.9 Å². The fourth-order valence-electron chi connectivity index (χ4n) is 3.18. The predicted molar refractivity (Wildman–Crippen MR) is 103 cm³/mol. The quantitative estimate of drug-likeness (QED) is 0.838. The van der Waals surface area contributed by atoms with E-state index in [9.17, 15) is 4.79 Å². The van der Waals surface area contributed by atoms with Crippen LogP contribution in [0.4, 0.5) is 10.5 Å². The smallest absolute Gasteiger partial charge is 0.410 e. The molecule has 0 saturated carbocycles. The fourth-order valence-corrected chi connectivity index (χ4v) is 3.18. The zero-order chi connectivity index (χ0) is 18.9. The zero-order valence-electron chi connectivity index (χ0n) is 16.2. The second kappa shape index (κ2) is 7.02. The van der Waals surface area contributed by atoms with E-state index in [-0.39, 0.29) is 12.1 Å². The molecule has 1 amide bonds. The first kappa shape index (κ1) is 18.3. The van der Waals surface area contributed by atoms with Crippen LogP contribution in [-0.4, -0.2) is 54.9 Å². The van der Waals surface area contributed by atoms with Crippen molar-refractivity contribution in [2.75, 3.05) is 32.1 Å². The summed E-state index contributed by atoms with van der Waals surface area (Å²) in [7, 11) is 3.71. The fraction of sp³-hybridized carbons (Fsp3) is 0.500. The minimum Gasteiger partial charge on any atom is -0.497 e. The lowest BCUT2D eigenvalue weighted by molar-refractivity contribution is 0.0292. The number of anilines is 1. The van der Waals surface area contributed by atoms with Crippen LogP contribution in [0.2, 0.25) is 0 Å². The number of hydrogen-bond acceptors (Lipinski definition) is 5. The third kappa shape index (κ3) is 4.00. The lowest BCUT2D eigenvalue weighted by atomic mass is 10.1. The van der Waals surface area contributed by atoms with E-state index in [1.807, 2.05) is 52.2 Å². The molecule has 0 N–H and O–H groups in total. The summed E-state index contributed by atoms with van der Waals surface area (Å²) in [6.45, 7) is 7.03. The molecule has 26 heavy (non-hydrogen) atoms. The standard InChI is InChI=1S/C20H27N3O3/c1-20(2,3)26-19(24)23-9-8-15(13-23)22(4)16-10-14-11-17(25-5)6-7-18(14)21-12-16/h6-7,10-12,15H,8-9,13H2,1-5H3. The van der Waals surface area contributed by atoms with Crippen LogP contribution in [0.25, 0.3) is 10.9 Å². The van der Waals surface area contributed by atoms with E-state index in [2.05, 4.69) is 16.0 Å². The second-order valence-corrected chi connectivity index (χ2v) is 7.73. The van der Waals surface area contributed by atoms with Crippen LogP contribution in [0.3, 0.4) is 0 Å². The molecule has 1 saturated heterocycles. The molecule has 2 aromatic rings. The summed E-state index contributed by atoms with van der Waals surface area (Å²) in [6, 6.07) is 8.21. The van der Waals surface area contributed by atoms with Gasteiger partial charge in [-0.05, 0) is 51.5 Å². The van der Waals surface area contributed by atoms with Gasteiger partial charge < -0.3 is 19.3 Å². The van der Waals surface area contributed by atoms with Gasteiger partial charge in [0.2, 0.25) is 0 Å². The summed E-state index contributed by atoms with van der Waals surface area (Å²) in [6.07, 6.45) is 2.55. The van der Waals surface area contributed by atoms with Gasteiger partial charge in [0.25, 0.3) is 0 Å². The van der Waals surface area contributed by atoms with Crippen molar-refractivity contribution in [2.24, 2.45) is 0 Å². The summed E-state index contributed by atoms with van der Waals surface area (Å²) in [5, 5.41) is 1.04. The molecule has 3 rings (SSSR count). The van der Waals surface area contributed by atoms with Gasteiger partial charge in [-0.25, -0.2) is 4.79 Å². The largest absolute Gasteiger partial charge is 0.497 e. The van der Waals surface area contributed by atoms with Gasteiger partial charge in [-0.3, -0.25) is 4.98 Å². The Morgan fingerprint density at radius 1 is 1.31 bits per heavy atom. The lowest BCUT2D eigenvalue weighted by Crippen LogP contribution is -2.39. The summed E-state index contributed by atoms with van der Waals surface area (Å²) in [5.74, 6) is 0.816. The number of ether oxygens (including phenoxy) is 2. The SMILES string of the molecule is COc1ccc2ncc(N(C)C3CCN(C(=O)OC(C)(C)C)C3)cc2c1. The van der Waals surface area contributed by atoms with Crippen molar-refractivity contribution >= 4 is 22.7 Å². The molecule has 0 bridgehead atoms. The minimum absolute atomic E-state index is 0.241. The number of likely N-dealkylation sites (N-methyl/N-ethyl adjacent to an activating group) is 1. The molecule has 0 aliphatic carbocycles. The second-order valence-electron chi connectivity index (χ2n) is 7.73. The maximum Gasteiger partial charge on any atom is 0.410 e. The van der Waals surface area contributed by atoms with Crippen molar-refractivity contribution in [1.82, 2.24) is 9.88 Å². The predicted octanol–water partition coefficient (Wildman–Crippen LogP) is 3.69. The summed E-state index contributed by atoms with van der Waals surface area (Å²) in [5.41, 5.74) is 1.49. The normalized spacial score (nSPS) is 17.4. The van der Waals surface area contributed by atoms with Gasteiger partial charge in [0.1, 0.15) is 11.4 Å². The average Bonchev–Trinajstić information content (AvgIpc) is 3.09. The Labute approximate surface area is 154 Å². The average molecular weight is 357 g/mol. The van der Waals surface area contributed by atoms with Crippen LogP contribution < -0.4 is 9.64 Å². The van der Waals surface area contributed by atoms with Crippen LogP contribution in [0.15, 0.2) is 30.5 Å². The van der Waals surface area contributed by atoms with Crippen LogP contribution in [0.1, 0.15) is 27.2 Å². The molecule has 2 heterocycles. The van der Waals surface area contributed by atoms with E-state index in [1.165, 1.54) is 0 Å². The number of rotatable bonds is 3. The number of methoxy groups -OCH3 is 1. The van der Waals surface area contributed by atoms with E-state index in [1.54, 1.807) is 12.0 Å². The van der Waals surface area contributed by atoms with Crippen molar-refractivity contribution in [3.63, 3.8) is 0 Å². The van der Waals surface area contributed by atoms with Crippen LogP contribution in [0, 0.1) is 0 Å². The van der Waals surface area contributed by atoms with Gasteiger partial charge in [-0.15, -0.1) is 0 Å². The Bertz CT molecular complexity index is 800. The Kier molecular flexibility index (Phi) is 4.94. The van der Waals surface area contributed by atoms with Gasteiger partial charge >= 0.3 is 6.09 Å². The first-order valence-electron chi connectivity index (χ1n) is 8.91. The molecule has 140 valence electrons. The number of likely N-dealkylation sites (tertiary alicyclic amines) is 1.